The predicted octanol–water partition coefficient (Wildman–Crippen LogP) is 6.18. The maximum atomic E-state index is 3.78. The molecular formula is C20H41N. The maximum Gasteiger partial charge on any atom is 0.00966 e. The summed E-state index contributed by atoms with van der Waals surface area (Å²) in [6.07, 6.45) is 14.5. The standard InChI is InChI=1S/C20H41N/c1-6-8-12-17(7-2)15-18-13-10-9-11-14-19(18)16-21-20(3,4)5/h17-19,21H,6-16H2,1-5H3. The second-order valence-electron chi connectivity index (χ2n) is 8.44. The molecule has 3 atom stereocenters. The minimum absolute atomic E-state index is 0.267. The van der Waals surface area contributed by atoms with Gasteiger partial charge in [-0.15, -0.1) is 0 Å². The normalized spacial score (nSPS) is 25.6. The Morgan fingerprint density at radius 3 is 2.24 bits per heavy atom. The molecule has 0 amide bonds. The van der Waals surface area contributed by atoms with Crippen LogP contribution < -0.4 is 5.32 Å². The van der Waals surface area contributed by atoms with Crippen molar-refractivity contribution < 1.29 is 0 Å². The van der Waals surface area contributed by atoms with E-state index < -0.39 is 0 Å². The Morgan fingerprint density at radius 2 is 1.67 bits per heavy atom. The lowest BCUT2D eigenvalue weighted by Crippen LogP contribution is -2.40. The first kappa shape index (κ1) is 19.0. The molecule has 1 fully saturated rings. The summed E-state index contributed by atoms with van der Waals surface area (Å²) in [5.41, 5.74) is 0.267. The molecule has 0 aromatic carbocycles. The van der Waals surface area contributed by atoms with Crippen molar-refractivity contribution in [2.45, 2.75) is 104 Å². The van der Waals surface area contributed by atoms with Gasteiger partial charge in [0.15, 0.2) is 0 Å². The van der Waals surface area contributed by atoms with Gasteiger partial charge in [0.05, 0.1) is 0 Å². The Balaban J connectivity index is 2.54. The van der Waals surface area contributed by atoms with Crippen molar-refractivity contribution in [1.82, 2.24) is 5.32 Å². The van der Waals surface area contributed by atoms with Crippen LogP contribution in [0.25, 0.3) is 0 Å². The first-order valence-electron chi connectivity index (χ1n) is 9.71. The van der Waals surface area contributed by atoms with Crippen LogP contribution in [0.1, 0.15) is 98.8 Å². The summed E-state index contributed by atoms with van der Waals surface area (Å²) < 4.78 is 0. The van der Waals surface area contributed by atoms with Crippen LogP contribution >= 0.6 is 0 Å². The highest BCUT2D eigenvalue weighted by atomic mass is 14.9. The summed E-state index contributed by atoms with van der Waals surface area (Å²) >= 11 is 0. The Kier molecular flexibility index (Phi) is 8.94. The molecule has 1 aliphatic carbocycles. The highest BCUT2D eigenvalue weighted by molar-refractivity contribution is 4.81. The molecule has 1 rings (SSSR count). The van der Waals surface area contributed by atoms with Crippen LogP contribution in [0, 0.1) is 17.8 Å². The number of hydrogen-bond acceptors (Lipinski definition) is 1. The van der Waals surface area contributed by atoms with Gasteiger partial charge in [0.2, 0.25) is 0 Å². The van der Waals surface area contributed by atoms with Crippen LogP contribution in [0.4, 0.5) is 0 Å². The minimum atomic E-state index is 0.267. The van der Waals surface area contributed by atoms with Crippen LogP contribution in [0.5, 0.6) is 0 Å². The van der Waals surface area contributed by atoms with Gasteiger partial charge >= 0.3 is 0 Å². The molecule has 0 aromatic heterocycles. The Bertz CT molecular complexity index is 253. The van der Waals surface area contributed by atoms with Gasteiger partial charge in [-0.2, -0.15) is 0 Å². The average molecular weight is 296 g/mol. The molecule has 0 radical (unpaired) electrons. The van der Waals surface area contributed by atoms with Crippen molar-refractivity contribution in [3.8, 4) is 0 Å². The third-order valence-corrected chi connectivity index (χ3v) is 5.39. The predicted molar refractivity (Wildman–Crippen MR) is 95.7 cm³/mol. The van der Waals surface area contributed by atoms with Crippen LogP contribution in [0.2, 0.25) is 0 Å². The lowest BCUT2D eigenvalue weighted by Gasteiger charge is -2.32. The Hall–Kier alpha value is -0.0400. The fourth-order valence-electron chi connectivity index (χ4n) is 3.89. The second kappa shape index (κ2) is 9.87. The highest BCUT2D eigenvalue weighted by Crippen LogP contribution is 2.35. The van der Waals surface area contributed by atoms with E-state index in [1.54, 1.807) is 0 Å². The van der Waals surface area contributed by atoms with E-state index in [9.17, 15) is 0 Å². The summed E-state index contributed by atoms with van der Waals surface area (Å²) in [4.78, 5) is 0. The fourth-order valence-corrected chi connectivity index (χ4v) is 3.89. The molecule has 1 N–H and O–H groups in total. The first-order chi connectivity index (χ1) is 9.96. The number of unbranched alkanes of at least 4 members (excludes halogenated alkanes) is 1. The largest absolute Gasteiger partial charge is 0.312 e. The van der Waals surface area contributed by atoms with Gasteiger partial charge < -0.3 is 5.32 Å². The molecule has 126 valence electrons. The molecule has 0 aliphatic heterocycles. The third kappa shape index (κ3) is 8.24. The molecule has 0 heterocycles. The number of rotatable bonds is 8. The van der Waals surface area contributed by atoms with Crippen molar-refractivity contribution in [3.05, 3.63) is 0 Å². The van der Waals surface area contributed by atoms with E-state index in [1.165, 1.54) is 70.8 Å². The SMILES string of the molecule is CCCCC(CC)CC1CCCCCC1CNC(C)(C)C. The summed E-state index contributed by atoms with van der Waals surface area (Å²) in [6.45, 7) is 12.9. The zero-order chi connectivity index (χ0) is 15.7. The summed E-state index contributed by atoms with van der Waals surface area (Å²) in [7, 11) is 0. The molecule has 21 heavy (non-hydrogen) atoms. The van der Waals surface area contributed by atoms with Crippen LogP contribution in [-0.2, 0) is 0 Å². The van der Waals surface area contributed by atoms with Crippen LogP contribution in [-0.4, -0.2) is 12.1 Å². The lowest BCUT2D eigenvalue weighted by atomic mass is 9.79. The van der Waals surface area contributed by atoms with E-state index in [0.29, 0.717) is 0 Å². The van der Waals surface area contributed by atoms with E-state index in [-0.39, 0.29) is 5.54 Å². The highest BCUT2D eigenvalue weighted by Gasteiger charge is 2.26. The van der Waals surface area contributed by atoms with Crippen molar-refractivity contribution >= 4 is 0 Å². The summed E-state index contributed by atoms with van der Waals surface area (Å²) in [5.74, 6) is 2.87. The van der Waals surface area contributed by atoms with Gasteiger partial charge in [-0.05, 0) is 57.9 Å². The maximum absolute atomic E-state index is 3.78. The van der Waals surface area contributed by atoms with Gasteiger partial charge in [-0.1, -0.05) is 65.2 Å². The van der Waals surface area contributed by atoms with E-state index in [1.807, 2.05) is 0 Å². The van der Waals surface area contributed by atoms with Crippen molar-refractivity contribution in [2.75, 3.05) is 6.54 Å². The molecule has 0 saturated heterocycles. The Morgan fingerprint density at radius 1 is 1.00 bits per heavy atom. The zero-order valence-electron chi connectivity index (χ0n) is 15.5. The van der Waals surface area contributed by atoms with Gasteiger partial charge in [0.25, 0.3) is 0 Å². The topological polar surface area (TPSA) is 12.0 Å². The Labute approximate surface area is 134 Å². The molecular weight excluding hydrogens is 254 g/mol. The lowest BCUT2D eigenvalue weighted by molar-refractivity contribution is 0.220. The molecule has 0 spiro atoms. The quantitative estimate of drug-likeness (QED) is 0.527. The van der Waals surface area contributed by atoms with Crippen molar-refractivity contribution in [3.63, 3.8) is 0 Å². The first-order valence-corrected chi connectivity index (χ1v) is 9.71. The molecule has 3 unspecified atom stereocenters. The van der Waals surface area contributed by atoms with Gasteiger partial charge in [-0.25, -0.2) is 0 Å². The van der Waals surface area contributed by atoms with Crippen molar-refractivity contribution in [1.29, 1.82) is 0 Å². The second-order valence-corrected chi connectivity index (χ2v) is 8.44. The fraction of sp³-hybridized carbons (Fsp3) is 1.00. The smallest absolute Gasteiger partial charge is 0.00966 e. The molecule has 1 heteroatoms. The average Bonchev–Trinajstić information content (AvgIpc) is 2.65. The van der Waals surface area contributed by atoms with Crippen LogP contribution in [0.15, 0.2) is 0 Å². The minimum Gasteiger partial charge on any atom is -0.312 e. The van der Waals surface area contributed by atoms with Gasteiger partial charge in [0, 0.05) is 5.54 Å². The van der Waals surface area contributed by atoms with Crippen LogP contribution in [0.3, 0.4) is 0 Å². The molecule has 0 aromatic rings. The van der Waals surface area contributed by atoms with Crippen molar-refractivity contribution in [2.24, 2.45) is 17.8 Å². The summed E-state index contributed by atoms with van der Waals surface area (Å²) in [5, 5.41) is 3.78. The van der Waals surface area contributed by atoms with E-state index in [0.717, 1.165) is 17.8 Å². The molecule has 1 aliphatic rings. The van der Waals surface area contributed by atoms with Gasteiger partial charge in [0.1, 0.15) is 0 Å². The third-order valence-electron chi connectivity index (χ3n) is 5.39. The van der Waals surface area contributed by atoms with E-state index >= 15 is 0 Å². The number of nitrogens with one attached hydrogen (secondary N) is 1. The van der Waals surface area contributed by atoms with Gasteiger partial charge in [-0.3, -0.25) is 0 Å². The number of hydrogen-bond donors (Lipinski definition) is 1. The summed E-state index contributed by atoms with van der Waals surface area (Å²) in [6, 6.07) is 0. The molecule has 1 nitrogen and oxygen atoms in total. The molecule has 1 saturated carbocycles. The molecule has 0 bridgehead atoms. The van der Waals surface area contributed by atoms with E-state index in [2.05, 4.69) is 39.9 Å². The van der Waals surface area contributed by atoms with E-state index in [4.69, 9.17) is 0 Å². The zero-order valence-corrected chi connectivity index (χ0v) is 15.5. The monoisotopic (exact) mass is 295 g/mol.